The first-order chi connectivity index (χ1) is 7.97. The molecule has 0 saturated heterocycles. The fourth-order valence-corrected chi connectivity index (χ4v) is 1.12. The van der Waals surface area contributed by atoms with Crippen molar-refractivity contribution in [2.24, 2.45) is 5.92 Å². The number of carboxylic acids is 1. The summed E-state index contributed by atoms with van der Waals surface area (Å²) in [7, 11) is 1.59. The second-order valence-corrected chi connectivity index (χ2v) is 3.84. The molecule has 2 atom stereocenters. The van der Waals surface area contributed by atoms with Gasteiger partial charge < -0.3 is 25.6 Å². The van der Waals surface area contributed by atoms with E-state index in [1.165, 1.54) is 0 Å². The number of nitrogens with one attached hydrogen (secondary N) is 2. The number of aliphatic hydroxyl groups excluding tert-OH is 1. The standard InChI is InChI=1S/C10H20N2O5/c1-7(6-17-2)5-12-10(16)11-4-3-8(13)9(14)15/h7-8,13H,3-6H2,1-2H3,(H,14,15)(H2,11,12,16). The number of amides is 2. The zero-order chi connectivity index (χ0) is 13.3. The quantitative estimate of drug-likeness (QED) is 0.459. The molecule has 0 aliphatic rings. The van der Waals surface area contributed by atoms with Gasteiger partial charge in [0.05, 0.1) is 6.61 Å². The lowest BCUT2D eigenvalue weighted by Crippen LogP contribution is -2.40. The summed E-state index contributed by atoms with van der Waals surface area (Å²) in [4.78, 5) is 21.5. The molecule has 7 heteroatoms. The van der Waals surface area contributed by atoms with Crippen LogP contribution in [-0.4, -0.2) is 55.1 Å². The molecular formula is C10H20N2O5. The van der Waals surface area contributed by atoms with Gasteiger partial charge >= 0.3 is 12.0 Å². The zero-order valence-electron chi connectivity index (χ0n) is 10.1. The molecule has 0 aliphatic carbocycles. The Kier molecular flexibility index (Phi) is 8.08. The number of methoxy groups -OCH3 is 1. The molecule has 17 heavy (non-hydrogen) atoms. The third-order valence-electron chi connectivity index (χ3n) is 2.05. The van der Waals surface area contributed by atoms with Crippen LogP contribution < -0.4 is 10.6 Å². The molecule has 0 aromatic carbocycles. The third-order valence-corrected chi connectivity index (χ3v) is 2.05. The van der Waals surface area contributed by atoms with E-state index in [0.29, 0.717) is 13.2 Å². The number of carboxylic acid groups (broad SMARTS) is 1. The summed E-state index contributed by atoms with van der Waals surface area (Å²) in [5.74, 6) is -1.09. The van der Waals surface area contributed by atoms with Crippen molar-refractivity contribution >= 4 is 12.0 Å². The fraction of sp³-hybridized carbons (Fsp3) is 0.800. The Hall–Kier alpha value is -1.34. The molecule has 0 aromatic rings. The van der Waals surface area contributed by atoms with E-state index in [1.807, 2.05) is 6.92 Å². The van der Waals surface area contributed by atoms with Crippen molar-refractivity contribution in [2.45, 2.75) is 19.4 Å². The Labute approximate surface area is 100 Å². The van der Waals surface area contributed by atoms with Crippen molar-refractivity contribution in [3.63, 3.8) is 0 Å². The van der Waals surface area contributed by atoms with Gasteiger partial charge in [0, 0.05) is 26.6 Å². The highest BCUT2D eigenvalue weighted by molar-refractivity contribution is 5.74. The maximum Gasteiger partial charge on any atom is 0.332 e. The monoisotopic (exact) mass is 248 g/mol. The molecule has 4 N–H and O–H groups in total. The van der Waals surface area contributed by atoms with E-state index < -0.39 is 12.1 Å². The molecule has 0 bridgehead atoms. The molecule has 0 aliphatic heterocycles. The summed E-state index contributed by atoms with van der Waals surface area (Å²) in [6.07, 6.45) is -1.46. The van der Waals surface area contributed by atoms with E-state index in [4.69, 9.17) is 14.9 Å². The number of aliphatic carboxylic acids is 1. The number of urea groups is 1. The largest absolute Gasteiger partial charge is 0.479 e. The van der Waals surface area contributed by atoms with Crippen LogP contribution in [0.4, 0.5) is 4.79 Å². The van der Waals surface area contributed by atoms with Gasteiger partial charge in [-0.05, 0) is 5.92 Å². The van der Waals surface area contributed by atoms with Crippen LogP contribution in [0.1, 0.15) is 13.3 Å². The average Bonchev–Trinajstić information content (AvgIpc) is 2.26. The molecular weight excluding hydrogens is 228 g/mol. The van der Waals surface area contributed by atoms with Crippen LogP contribution in [0.2, 0.25) is 0 Å². The number of rotatable bonds is 8. The Bertz CT molecular complexity index is 247. The lowest BCUT2D eigenvalue weighted by molar-refractivity contribution is -0.146. The SMILES string of the molecule is COCC(C)CNC(=O)NCCC(O)C(=O)O. The van der Waals surface area contributed by atoms with Crippen LogP contribution in [0.25, 0.3) is 0 Å². The highest BCUT2D eigenvalue weighted by atomic mass is 16.5. The lowest BCUT2D eigenvalue weighted by atomic mass is 10.2. The second-order valence-electron chi connectivity index (χ2n) is 3.84. The van der Waals surface area contributed by atoms with Gasteiger partial charge in [-0.15, -0.1) is 0 Å². The molecule has 0 fully saturated rings. The Morgan fingerprint density at radius 3 is 2.53 bits per heavy atom. The summed E-state index contributed by atoms with van der Waals surface area (Å²) >= 11 is 0. The van der Waals surface area contributed by atoms with Gasteiger partial charge in [0.15, 0.2) is 6.10 Å². The number of carbonyl (C=O) groups excluding carboxylic acids is 1. The van der Waals surface area contributed by atoms with Gasteiger partial charge in [-0.2, -0.15) is 0 Å². The van der Waals surface area contributed by atoms with E-state index in [9.17, 15) is 9.59 Å². The van der Waals surface area contributed by atoms with Gasteiger partial charge in [0.2, 0.25) is 0 Å². The molecule has 0 saturated carbocycles. The third kappa shape index (κ3) is 8.47. The van der Waals surface area contributed by atoms with Crippen molar-refractivity contribution in [2.75, 3.05) is 26.8 Å². The van der Waals surface area contributed by atoms with Gasteiger partial charge in [0.25, 0.3) is 0 Å². The van der Waals surface area contributed by atoms with Crippen LogP contribution in [0.5, 0.6) is 0 Å². The predicted octanol–water partition coefficient (Wildman–Crippen LogP) is -0.596. The minimum Gasteiger partial charge on any atom is -0.479 e. The van der Waals surface area contributed by atoms with Crippen LogP contribution in [0.3, 0.4) is 0 Å². The minimum atomic E-state index is -1.44. The Balaban J connectivity index is 3.56. The summed E-state index contributed by atoms with van der Waals surface area (Å²) in [5.41, 5.74) is 0. The average molecular weight is 248 g/mol. The maximum atomic E-state index is 11.2. The van der Waals surface area contributed by atoms with Crippen LogP contribution in [0, 0.1) is 5.92 Å². The van der Waals surface area contributed by atoms with Crippen LogP contribution >= 0.6 is 0 Å². The van der Waals surface area contributed by atoms with E-state index in [-0.39, 0.29) is 24.9 Å². The van der Waals surface area contributed by atoms with Crippen LogP contribution in [0.15, 0.2) is 0 Å². The summed E-state index contributed by atoms with van der Waals surface area (Å²) in [6.45, 7) is 3.06. The normalized spacial score (nSPS) is 13.8. The number of hydrogen-bond acceptors (Lipinski definition) is 4. The fourth-order valence-electron chi connectivity index (χ4n) is 1.12. The summed E-state index contributed by atoms with van der Waals surface area (Å²) in [6, 6.07) is -0.384. The molecule has 0 heterocycles. The van der Waals surface area contributed by atoms with Gasteiger partial charge in [0.1, 0.15) is 0 Å². The van der Waals surface area contributed by atoms with Gasteiger partial charge in [-0.1, -0.05) is 6.92 Å². The Morgan fingerprint density at radius 1 is 1.35 bits per heavy atom. The van der Waals surface area contributed by atoms with Crippen molar-refractivity contribution < 1.29 is 24.5 Å². The highest BCUT2D eigenvalue weighted by Gasteiger charge is 2.12. The summed E-state index contributed by atoms with van der Waals surface area (Å²) in [5, 5.41) is 22.4. The van der Waals surface area contributed by atoms with Gasteiger partial charge in [-0.25, -0.2) is 9.59 Å². The molecule has 0 radical (unpaired) electrons. The zero-order valence-corrected chi connectivity index (χ0v) is 10.1. The number of aliphatic hydroxyl groups is 1. The topological polar surface area (TPSA) is 108 Å². The van der Waals surface area contributed by atoms with E-state index in [1.54, 1.807) is 7.11 Å². The van der Waals surface area contributed by atoms with E-state index >= 15 is 0 Å². The molecule has 0 rings (SSSR count). The van der Waals surface area contributed by atoms with Crippen molar-refractivity contribution in [3.05, 3.63) is 0 Å². The molecule has 0 spiro atoms. The van der Waals surface area contributed by atoms with Gasteiger partial charge in [-0.3, -0.25) is 0 Å². The number of hydrogen-bond donors (Lipinski definition) is 4. The first-order valence-corrected chi connectivity index (χ1v) is 5.38. The van der Waals surface area contributed by atoms with E-state index in [2.05, 4.69) is 10.6 Å². The maximum absolute atomic E-state index is 11.2. The molecule has 0 aromatic heterocycles. The first kappa shape index (κ1) is 15.7. The lowest BCUT2D eigenvalue weighted by Gasteiger charge is -2.12. The number of carbonyl (C=O) groups is 2. The molecule has 100 valence electrons. The van der Waals surface area contributed by atoms with Crippen molar-refractivity contribution in [1.82, 2.24) is 10.6 Å². The summed E-state index contributed by atoms with van der Waals surface area (Å²) < 4.78 is 4.90. The van der Waals surface area contributed by atoms with Crippen molar-refractivity contribution in [1.29, 1.82) is 0 Å². The molecule has 7 nitrogen and oxygen atoms in total. The highest BCUT2D eigenvalue weighted by Crippen LogP contribution is 1.92. The van der Waals surface area contributed by atoms with Crippen LogP contribution in [-0.2, 0) is 9.53 Å². The predicted molar refractivity (Wildman–Crippen MR) is 60.7 cm³/mol. The molecule has 2 amide bonds. The Morgan fingerprint density at radius 2 is 2.00 bits per heavy atom. The van der Waals surface area contributed by atoms with E-state index in [0.717, 1.165) is 0 Å². The smallest absolute Gasteiger partial charge is 0.332 e. The minimum absolute atomic E-state index is 0.0175. The first-order valence-electron chi connectivity index (χ1n) is 5.38. The molecule has 2 unspecified atom stereocenters. The number of ether oxygens (including phenoxy) is 1. The second kappa shape index (κ2) is 8.77. The van der Waals surface area contributed by atoms with Crippen molar-refractivity contribution in [3.8, 4) is 0 Å².